The number of nitro benzene ring substituents is 1. The van der Waals surface area contributed by atoms with Crippen LogP contribution in [0.25, 0.3) is 11.0 Å². The molecule has 72 heavy (non-hydrogen) atoms. The first-order valence-corrected chi connectivity index (χ1v) is 27.3. The fraction of sp³-hybridized carbons (Fsp3) is 0.519. The van der Waals surface area contributed by atoms with Crippen molar-refractivity contribution in [1.82, 2.24) is 24.5 Å². The molecule has 2 aromatic heterocycles. The van der Waals surface area contributed by atoms with Crippen LogP contribution in [0.2, 0.25) is 0 Å². The number of aryl methyl sites for hydroxylation is 1. The Morgan fingerprint density at radius 3 is 2.53 bits per heavy atom. The molecule has 0 unspecified atom stereocenters. The summed E-state index contributed by atoms with van der Waals surface area (Å²) >= 11 is 0. The minimum atomic E-state index is -4.62. The first-order valence-electron chi connectivity index (χ1n) is 25.8. The summed E-state index contributed by atoms with van der Waals surface area (Å²) in [5, 5.41) is 26.8. The average molecular weight is 1000 g/mol. The second-order valence-corrected chi connectivity index (χ2v) is 23.7. The van der Waals surface area contributed by atoms with Crippen molar-refractivity contribution < 1.29 is 32.7 Å². The molecule has 1 amide bonds. The Morgan fingerprint density at radius 1 is 0.986 bits per heavy atom. The van der Waals surface area contributed by atoms with Crippen LogP contribution in [0.5, 0.6) is 5.88 Å². The molecule has 4 N–H and O–H groups in total. The van der Waals surface area contributed by atoms with E-state index in [1.165, 1.54) is 36.1 Å². The quantitative estimate of drug-likeness (QED) is 0.0732. The minimum Gasteiger partial charge on any atom is -0.468 e. The number of aromatic nitrogens is 2. The number of carbonyl (C=O) groups is 1. The SMILES string of the molecule is Cc1ccccc1[C@@H]1CN(C)C[C@H](C)N1C1CC2(CCN(c3ccc(C(=O)NS(=O)(=O)c4ccc(NC[C@H]5CC[C@](C)(O)CC5)c([N+](=O)[O-])c4)c(N4c5cc6cc[nH]c6nc5O[C@H]5COCC[C@@H]54)c3)CC2)C1. The molecule has 0 bridgehead atoms. The van der Waals surface area contributed by atoms with Crippen molar-refractivity contribution in [3.63, 3.8) is 0 Å². The van der Waals surface area contributed by atoms with E-state index in [9.17, 15) is 28.4 Å². The van der Waals surface area contributed by atoms with Gasteiger partial charge in [-0.15, -0.1) is 0 Å². The molecular formula is C54H67N9O8S. The summed E-state index contributed by atoms with van der Waals surface area (Å²) < 4.78 is 43.1. The molecular weight excluding hydrogens is 935 g/mol. The molecule has 5 aromatic rings. The molecule has 18 heteroatoms. The Hall–Kier alpha value is -5.79. The molecule has 3 aromatic carbocycles. The van der Waals surface area contributed by atoms with Crippen molar-refractivity contribution in [2.24, 2.45) is 11.3 Å². The van der Waals surface area contributed by atoms with Gasteiger partial charge in [-0.3, -0.25) is 19.8 Å². The summed E-state index contributed by atoms with van der Waals surface area (Å²) in [4.78, 5) is 43.9. The van der Waals surface area contributed by atoms with Gasteiger partial charge in [-0.05, 0) is 151 Å². The molecule has 3 saturated heterocycles. The number of amides is 1. The molecule has 6 aliphatic rings. The molecule has 5 fully saturated rings. The van der Waals surface area contributed by atoms with Crippen molar-refractivity contribution in [2.45, 2.75) is 119 Å². The van der Waals surface area contributed by atoms with Crippen LogP contribution in [-0.2, 0) is 14.8 Å². The number of fused-ring (bicyclic) bond motifs is 3. The molecule has 11 rings (SSSR count). The van der Waals surface area contributed by atoms with Gasteiger partial charge in [-0.2, -0.15) is 4.98 Å². The number of hydrogen-bond donors (Lipinski definition) is 4. The van der Waals surface area contributed by atoms with E-state index in [0.717, 1.165) is 69.0 Å². The van der Waals surface area contributed by atoms with E-state index < -0.39 is 43.1 Å². The van der Waals surface area contributed by atoms with Gasteiger partial charge in [0.1, 0.15) is 23.1 Å². The van der Waals surface area contributed by atoms with Gasteiger partial charge in [0.2, 0.25) is 5.88 Å². The van der Waals surface area contributed by atoms with Crippen LogP contribution in [0.15, 0.2) is 83.9 Å². The summed E-state index contributed by atoms with van der Waals surface area (Å²) in [6, 6.07) is 23.1. The number of nitrogens with zero attached hydrogens (tertiary/aromatic N) is 6. The maximum atomic E-state index is 14.7. The first-order chi connectivity index (χ1) is 34.5. The number of nitrogens with one attached hydrogen (secondary N) is 3. The zero-order chi connectivity index (χ0) is 50.1. The minimum absolute atomic E-state index is 0.119. The van der Waals surface area contributed by atoms with E-state index in [2.05, 4.69) is 79.8 Å². The highest BCUT2D eigenvalue weighted by Gasteiger charge is 2.51. The van der Waals surface area contributed by atoms with Crippen molar-refractivity contribution in [2.75, 3.05) is 68.1 Å². The molecule has 1 spiro atoms. The van der Waals surface area contributed by atoms with Crippen molar-refractivity contribution in [3.8, 4) is 5.88 Å². The standard InChI is InChI=1S/C54H67N9O8S/c1-34-7-5-6-8-41(34)48-32-59(4)31-35(2)61(48)39-28-54(29-39)19-22-60(23-20-54)38-9-11-42(45(26-38)62-44-16-24-70-33-49(44)71-52-47(62)25-37-15-21-55-50(37)57-52)51(64)58-72(68,69)40-10-12-43(46(27-40)63(66)67)56-30-36-13-17-53(3,65)18-14-36/h5-12,15,21,25-27,35-36,39,44,48-49,56,65H,13-14,16-20,22-24,28-33H2,1-4H3,(H,55,57)(H,58,64)/t35-,36-,44-,48-,49-,53-/m0/s1. The smallest absolute Gasteiger partial charge is 0.293 e. The van der Waals surface area contributed by atoms with Crippen LogP contribution in [0.1, 0.15) is 99.2 Å². The Balaban J connectivity index is 0.870. The number of sulfonamides is 1. The lowest BCUT2D eigenvalue weighted by Gasteiger charge is -2.60. The van der Waals surface area contributed by atoms with E-state index in [1.54, 1.807) is 6.07 Å². The number of aromatic amines is 1. The van der Waals surface area contributed by atoms with Crippen LogP contribution in [0, 0.1) is 28.4 Å². The Morgan fingerprint density at radius 2 is 1.76 bits per heavy atom. The zero-order valence-corrected chi connectivity index (χ0v) is 42.5. The molecule has 2 saturated carbocycles. The highest BCUT2D eigenvalue weighted by atomic mass is 32.2. The zero-order valence-electron chi connectivity index (χ0n) is 41.7. The van der Waals surface area contributed by atoms with E-state index in [-0.39, 0.29) is 28.6 Å². The predicted molar refractivity (Wildman–Crippen MR) is 277 cm³/mol. The maximum Gasteiger partial charge on any atom is 0.293 e. The third-order valence-corrected chi connectivity index (χ3v) is 18.3. The highest BCUT2D eigenvalue weighted by molar-refractivity contribution is 7.90. The van der Waals surface area contributed by atoms with Crippen LogP contribution in [0.3, 0.4) is 0 Å². The predicted octanol–water partition coefficient (Wildman–Crippen LogP) is 8.07. The number of aliphatic hydroxyl groups is 1. The normalized spacial score (nSPS) is 26.9. The fourth-order valence-electron chi connectivity index (χ4n) is 13.0. The molecule has 17 nitrogen and oxygen atoms in total. The summed E-state index contributed by atoms with van der Waals surface area (Å²) in [7, 11) is -2.38. The van der Waals surface area contributed by atoms with E-state index in [4.69, 9.17) is 14.5 Å². The Kier molecular flexibility index (Phi) is 12.7. The monoisotopic (exact) mass is 1000 g/mol. The number of benzene rings is 3. The number of H-pyrrole nitrogens is 1. The molecule has 6 heterocycles. The number of hydrogen-bond acceptors (Lipinski definition) is 14. The second kappa shape index (κ2) is 18.9. The fourth-order valence-corrected chi connectivity index (χ4v) is 14.0. The van der Waals surface area contributed by atoms with Gasteiger partial charge in [0.15, 0.2) is 0 Å². The summed E-state index contributed by atoms with van der Waals surface area (Å²) in [5.74, 6) is -0.303. The first kappa shape index (κ1) is 48.5. The van der Waals surface area contributed by atoms with Crippen LogP contribution in [0.4, 0.5) is 28.4 Å². The summed E-state index contributed by atoms with van der Waals surface area (Å²) in [6.07, 6.45) is 9.18. The third kappa shape index (κ3) is 9.29. The molecule has 2 aliphatic carbocycles. The van der Waals surface area contributed by atoms with Gasteiger partial charge in [0.25, 0.3) is 21.6 Å². The number of ether oxygens (including phenoxy) is 2. The van der Waals surface area contributed by atoms with E-state index in [1.807, 2.05) is 37.4 Å². The number of nitro groups is 1. The molecule has 382 valence electrons. The van der Waals surface area contributed by atoms with Crippen molar-refractivity contribution >= 4 is 55.4 Å². The Bertz CT molecular complexity index is 2970. The van der Waals surface area contributed by atoms with Crippen molar-refractivity contribution in [1.29, 1.82) is 0 Å². The number of anilines is 4. The number of piperidine rings is 1. The lowest BCUT2D eigenvalue weighted by atomic mass is 9.59. The second-order valence-electron chi connectivity index (χ2n) is 22.0. The van der Waals surface area contributed by atoms with Gasteiger partial charge in [0, 0.05) is 80.8 Å². The average Bonchev–Trinajstić information content (AvgIpc) is 3.81. The number of likely N-dealkylation sites (N-methyl/N-ethyl adjacent to an activating group) is 1. The van der Waals surface area contributed by atoms with E-state index in [0.29, 0.717) is 80.0 Å². The van der Waals surface area contributed by atoms with Gasteiger partial charge >= 0.3 is 0 Å². The number of carbonyl (C=O) groups excluding carboxylic acids is 1. The van der Waals surface area contributed by atoms with Gasteiger partial charge in [-0.25, -0.2) is 13.1 Å². The summed E-state index contributed by atoms with van der Waals surface area (Å²) in [5.41, 5.74) is 4.91. The lowest BCUT2D eigenvalue weighted by Crippen LogP contribution is -2.62. The van der Waals surface area contributed by atoms with E-state index >= 15 is 0 Å². The largest absolute Gasteiger partial charge is 0.468 e. The van der Waals surface area contributed by atoms with Crippen molar-refractivity contribution in [3.05, 3.63) is 106 Å². The van der Waals surface area contributed by atoms with Gasteiger partial charge in [0.05, 0.1) is 39.3 Å². The van der Waals surface area contributed by atoms with Crippen LogP contribution in [-0.4, -0.2) is 127 Å². The number of pyridine rings is 1. The summed E-state index contributed by atoms with van der Waals surface area (Å²) in [6.45, 7) is 11.4. The van der Waals surface area contributed by atoms with Crippen LogP contribution < -0.4 is 24.6 Å². The van der Waals surface area contributed by atoms with Gasteiger partial charge < -0.3 is 39.6 Å². The lowest BCUT2D eigenvalue weighted by molar-refractivity contribution is -0.384. The molecule has 0 radical (unpaired) electrons. The van der Waals surface area contributed by atoms with Gasteiger partial charge in [-0.1, -0.05) is 24.3 Å². The van der Waals surface area contributed by atoms with Crippen LogP contribution >= 0.6 is 0 Å². The number of rotatable bonds is 11. The third-order valence-electron chi connectivity index (χ3n) is 17.0. The maximum absolute atomic E-state index is 14.7. The Labute approximate surface area is 421 Å². The highest BCUT2D eigenvalue weighted by Crippen LogP contribution is 2.54. The molecule has 4 aliphatic heterocycles. The topological polar surface area (TPSA) is 199 Å². The number of piperazine rings is 1. The molecule has 4 atom stereocenters.